The molecule has 1 aromatic rings. The number of carbonyl (C=O) groups excluding carboxylic acids is 1. The topological polar surface area (TPSA) is 83.5 Å². The number of hydrogen-bond donors (Lipinski definition) is 0. The number of carbonyl (C=O) groups is 1. The van der Waals surface area contributed by atoms with Crippen LogP contribution in [0.25, 0.3) is 0 Å². The quantitative estimate of drug-likeness (QED) is 0.153. The Morgan fingerprint density at radius 3 is 1.81 bits per heavy atom. The molecule has 0 radical (unpaired) electrons. The number of hydrogen-bond acceptors (Lipinski definition) is 5. The fourth-order valence-corrected chi connectivity index (χ4v) is 4.85. The molecule has 0 heterocycles. The van der Waals surface area contributed by atoms with Crippen LogP contribution in [0.1, 0.15) is 10.4 Å². The highest BCUT2D eigenvalue weighted by Gasteiger charge is 2.75. The van der Waals surface area contributed by atoms with Crippen molar-refractivity contribution < 1.29 is 48.8 Å². The highest BCUT2D eigenvalue weighted by atomic mass is 127. The Balaban J connectivity index is 3.62. The number of esters is 1. The van der Waals surface area contributed by atoms with Crippen molar-refractivity contribution in [3.63, 3.8) is 0 Å². The number of ether oxygens (including phenoxy) is 1. The van der Waals surface area contributed by atoms with E-state index in [2.05, 4.69) is 4.74 Å². The molecule has 0 aliphatic carbocycles. The van der Waals surface area contributed by atoms with Gasteiger partial charge in [0, 0.05) is 10.7 Å². The number of alkyl halides is 6. The Bertz CT molecular complexity index is 807. The van der Waals surface area contributed by atoms with E-state index >= 15 is 0 Å². The van der Waals surface area contributed by atoms with Crippen molar-refractivity contribution in [3.8, 4) is 0 Å². The van der Waals surface area contributed by atoms with E-state index in [1.165, 1.54) is 57.3 Å². The van der Waals surface area contributed by atoms with Crippen molar-refractivity contribution in [3.05, 3.63) is 28.4 Å². The molecule has 148 valence electrons. The zero-order chi connectivity index (χ0) is 20.7. The van der Waals surface area contributed by atoms with E-state index in [1.54, 1.807) is 22.6 Å². The van der Waals surface area contributed by atoms with Crippen LogP contribution < -0.4 is 0 Å². The molecule has 0 atom stereocenters. The van der Waals surface area contributed by atoms with Crippen LogP contribution in [-0.2, 0) is 14.9 Å². The first kappa shape index (κ1) is 24.4. The van der Waals surface area contributed by atoms with Gasteiger partial charge in [-0.25, -0.2) is 13.2 Å². The van der Waals surface area contributed by atoms with Crippen molar-refractivity contribution >= 4 is 83.9 Å². The summed E-state index contributed by atoms with van der Waals surface area (Å²) >= 11 is 4.68. The van der Waals surface area contributed by atoms with Crippen LogP contribution in [0.3, 0.4) is 0 Å². The summed E-state index contributed by atoms with van der Waals surface area (Å²) in [6.07, 6.45) is -12.8. The lowest BCUT2D eigenvalue weighted by atomic mass is 10.1. The molecule has 0 spiro atoms. The molecule has 1 aromatic carbocycles. The van der Waals surface area contributed by atoms with Crippen LogP contribution in [-0.4, -0.2) is 42.6 Å². The van der Waals surface area contributed by atoms with Gasteiger partial charge in [-0.1, -0.05) is 0 Å². The highest BCUT2D eigenvalue weighted by molar-refractivity contribution is 14.1. The second-order valence-corrected chi connectivity index (χ2v) is 9.44. The minimum Gasteiger partial charge on any atom is -0.748 e. The molecule has 0 fully saturated rings. The van der Waals surface area contributed by atoms with E-state index < -0.39 is 45.4 Å². The van der Waals surface area contributed by atoms with Gasteiger partial charge < -0.3 is 9.29 Å². The van der Waals surface area contributed by atoms with E-state index in [1.807, 2.05) is 0 Å². The normalized spacial score (nSPS) is 13.6. The summed E-state index contributed by atoms with van der Waals surface area (Å²) < 4.78 is 115. The van der Waals surface area contributed by atoms with Crippen molar-refractivity contribution in [2.75, 3.05) is 5.75 Å². The van der Waals surface area contributed by atoms with Crippen LogP contribution >= 0.6 is 67.8 Å². The average Bonchev–Trinajstić information content (AvgIpc) is 2.38. The second kappa shape index (κ2) is 8.01. The summed E-state index contributed by atoms with van der Waals surface area (Å²) in [7, 11) is -6.08. The highest BCUT2D eigenvalue weighted by Crippen LogP contribution is 2.47. The zero-order valence-electron chi connectivity index (χ0n) is 11.7. The number of benzene rings is 1. The van der Waals surface area contributed by atoms with Gasteiger partial charge in [-0.3, -0.25) is 0 Å². The maximum absolute atomic E-state index is 13.2. The summed E-state index contributed by atoms with van der Waals surface area (Å²) in [4.78, 5) is 12.1. The summed E-state index contributed by atoms with van der Waals surface area (Å²) in [6, 6.07) is 2.69. The minimum atomic E-state index is -6.41. The van der Waals surface area contributed by atoms with Crippen LogP contribution in [0, 0.1) is 10.7 Å². The van der Waals surface area contributed by atoms with Gasteiger partial charge in [0.25, 0.3) is 0 Å². The first-order valence-electron chi connectivity index (χ1n) is 5.87. The van der Waals surface area contributed by atoms with Crippen LogP contribution in [0.4, 0.5) is 26.3 Å². The number of rotatable bonds is 4. The van der Waals surface area contributed by atoms with Gasteiger partial charge in [-0.2, -0.15) is 26.3 Å². The summed E-state index contributed by atoms with van der Waals surface area (Å²) in [5.41, 5.74) is -6.11. The van der Waals surface area contributed by atoms with Gasteiger partial charge in [-0.15, -0.1) is 0 Å². The molecule has 0 unspecified atom stereocenters. The SMILES string of the molecule is O=C(OC(CS(=O)(=O)[O-])(C(F)(F)F)C(F)(F)F)c1c(I)ccc(I)c1I. The van der Waals surface area contributed by atoms with E-state index in [9.17, 15) is 44.1 Å². The molecule has 1 rings (SSSR count). The van der Waals surface area contributed by atoms with Gasteiger partial charge in [0.15, 0.2) is 0 Å². The van der Waals surface area contributed by atoms with Crippen molar-refractivity contribution in [2.45, 2.75) is 18.0 Å². The standard InChI is InChI=1S/C11H5F6I3O5S/c12-10(13,14)9(11(15,16)17,3-26(22,23)24)25-8(21)6-4(18)1-2-5(19)7(6)20/h1-2H,3H2,(H,22,23,24)/p-1. The van der Waals surface area contributed by atoms with Crippen LogP contribution in [0.2, 0.25) is 0 Å². The third-order valence-corrected chi connectivity index (χ3v) is 7.52. The molecule has 26 heavy (non-hydrogen) atoms. The predicted octanol–water partition coefficient (Wildman–Crippen LogP) is 4.07. The Labute approximate surface area is 183 Å². The fourth-order valence-electron chi connectivity index (χ4n) is 1.64. The molecule has 0 saturated heterocycles. The average molecular weight is 743 g/mol. The van der Waals surface area contributed by atoms with Crippen molar-refractivity contribution in [2.24, 2.45) is 0 Å². The molecule has 0 aliphatic heterocycles. The van der Waals surface area contributed by atoms with Gasteiger partial charge in [0.2, 0.25) is 0 Å². The molecule has 5 nitrogen and oxygen atoms in total. The summed E-state index contributed by atoms with van der Waals surface area (Å²) in [5.74, 6) is -5.09. The maximum atomic E-state index is 13.2. The zero-order valence-corrected chi connectivity index (χ0v) is 19.0. The Morgan fingerprint density at radius 1 is 1.00 bits per heavy atom. The van der Waals surface area contributed by atoms with Crippen LogP contribution in [0.15, 0.2) is 12.1 Å². The van der Waals surface area contributed by atoms with Gasteiger partial charge in [-0.05, 0) is 79.9 Å². The number of halogens is 9. The lowest BCUT2D eigenvalue weighted by molar-refractivity contribution is -0.356. The monoisotopic (exact) mass is 743 g/mol. The summed E-state index contributed by atoms with van der Waals surface area (Å²) in [6.45, 7) is 0. The fraction of sp³-hybridized carbons (Fsp3) is 0.364. The lowest BCUT2D eigenvalue weighted by Crippen LogP contribution is -2.63. The summed E-state index contributed by atoms with van der Waals surface area (Å²) in [5, 5.41) is 0. The molecule has 0 bridgehead atoms. The predicted molar refractivity (Wildman–Crippen MR) is 99.4 cm³/mol. The van der Waals surface area contributed by atoms with Crippen molar-refractivity contribution in [1.29, 1.82) is 0 Å². The molecular weight excluding hydrogens is 739 g/mol. The Morgan fingerprint density at radius 2 is 1.42 bits per heavy atom. The van der Waals surface area contributed by atoms with Gasteiger partial charge in [0.1, 0.15) is 0 Å². The van der Waals surface area contributed by atoms with E-state index in [0.29, 0.717) is 3.57 Å². The van der Waals surface area contributed by atoms with E-state index in [4.69, 9.17) is 0 Å². The molecule has 0 amide bonds. The smallest absolute Gasteiger partial charge is 0.438 e. The first-order chi connectivity index (χ1) is 11.4. The van der Waals surface area contributed by atoms with Gasteiger partial charge >= 0.3 is 23.9 Å². The second-order valence-electron chi connectivity index (χ2n) is 4.63. The van der Waals surface area contributed by atoms with Crippen LogP contribution in [0.5, 0.6) is 0 Å². The molecule has 0 saturated carbocycles. The Hall–Kier alpha value is 0.370. The maximum Gasteiger partial charge on any atom is 0.438 e. The van der Waals surface area contributed by atoms with E-state index in [0.717, 1.165) is 0 Å². The molecular formula is C11H4F6I3O5S-. The molecule has 0 N–H and O–H groups in total. The first-order valence-corrected chi connectivity index (χ1v) is 10.7. The van der Waals surface area contributed by atoms with E-state index in [-0.39, 0.29) is 7.14 Å². The minimum absolute atomic E-state index is 0.00308. The lowest BCUT2D eigenvalue weighted by Gasteiger charge is -2.37. The van der Waals surface area contributed by atoms with Crippen molar-refractivity contribution in [1.82, 2.24) is 0 Å². The Kier molecular flexibility index (Phi) is 7.52. The third-order valence-electron chi connectivity index (χ3n) is 2.81. The molecule has 0 aromatic heterocycles. The van der Waals surface area contributed by atoms with Gasteiger partial charge in [0.05, 0.1) is 21.4 Å². The molecule has 15 heteroatoms. The third kappa shape index (κ3) is 5.25. The molecule has 0 aliphatic rings. The largest absolute Gasteiger partial charge is 0.748 e.